The van der Waals surface area contributed by atoms with E-state index in [9.17, 15) is 22.0 Å². The first-order chi connectivity index (χ1) is 20.1. The van der Waals surface area contributed by atoms with E-state index in [1.54, 1.807) is 43.3 Å². The number of alkyl halides is 2. The molecule has 1 saturated carbocycles. The van der Waals surface area contributed by atoms with Crippen molar-refractivity contribution in [2.45, 2.75) is 51.4 Å². The van der Waals surface area contributed by atoms with Crippen molar-refractivity contribution in [3.8, 4) is 11.4 Å². The molecule has 3 aromatic rings. The zero-order valence-electron chi connectivity index (χ0n) is 23.5. The van der Waals surface area contributed by atoms with E-state index in [1.165, 1.54) is 19.2 Å². The van der Waals surface area contributed by atoms with Crippen LogP contribution in [-0.4, -0.2) is 67.4 Å². The van der Waals surface area contributed by atoms with E-state index in [1.807, 2.05) is 4.90 Å². The summed E-state index contributed by atoms with van der Waals surface area (Å²) in [6.07, 6.45) is 5.51. The zero-order chi connectivity index (χ0) is 29.5. The predicted octanol–water partition coefficient (Wildman–Crippen LogP) is 5.10. The summed E-state index contributed by atoms with van der Waals surface area (Å²) in [5, 5.41) is 11.0. The Labute approximate surface area is 243 Å². The van der Waals surface area contributed by atoms with Crippen molar-refractivity contribution in [1.82, 2.24) is 15.2 Å². The molecule has 3 heterocycles. The molecule has 224 valence electrons. The minimum Gasteiger partial charge on any atom is -0.371 e. The number of aromatic nitrogens is 3. The van der Waals surface area contributed by atoms with Gasteiger partial charge < -0.3 is 20.1 Å². The second-order valence-corrected chi connectivity index (χ2v) is 13.6. The van der Waals surface area contributed by atoms with E-state index < -0.39 is 15.9 Å². The number of carbonyl (C=O) groups excluding carboxylic acids is 1. The molecule has 3 aliphatic rings. The fraction of sp³-hybridized carbons (Fsp3) is 0.483. The summed E-state index contributed by atoms with van der Waals surface area (Å²) >= 11 is 0. The van der Waals surface area contributed by atoms with Crippen LogP contribution < -0.4 is 19.8 Å². The molecule has 1 amide bonds. The number of hydrogen-bond acceptors (Lipinski definition) is 7. The lowest BCUT2D eigenvalue weighted by atomic mass is 9.93. The van der Waals surface area contributed by atoms with Crippen LogP contribution in [0.3, 0.4) is 0 Å². The molecule has 1 aromatic heterocycles. The van der Waals surface area contributed by atoms with E-state index in [2.05, 4.69) is 30.1 Å². The smallest absolute Gasteiger partial charge is 0.257 e. The molecule has 0 bridgehead atoms. The van der Waals surface area contributed by atoms with Crippen LogP contribution in [0.1, 0.15) is 55.8 Å². The number of rotatable bonds is 8. The molecule has 2 saturated heterocycles. The lowest BCUT2D eigenvalue weighted by molar-refractivity contribution is -0.0220. The molecular formula is C29H35F2N7O3S. The van der Waals surface area contributed by atoms with E-state index in [0.29, 0.717) is 45.1 Å². The largest absolute Gasteiger partial charge is 0.371 e. The third-order valence-corrected chi connectivity index (χ3v) is 10.1. The molecule has 0 unspecified atom stereocenters. The topological polar surface area (TPSA) is 123 Å². The van der Waals surface area contributed by atoms with Crippen molar-refractivity contribution < 1.29 is 22.0 Å². The molecule has 10 nitrogen and oxygen atoms in total. The van der Waals surface area contributed by atoms with Crippen LogP contribution in [0.5, 0.6) is 0 Å². The maximum Gasteiger partial charge on any atom is 0.257 e. The summed E-state index contributed by atoms with van der Waals surface area (Å²) < 4.78 is 55.0. The highest BCUT2D eigenvalue weighted by atomic mass is 32.2. The minimum atomic E-state index is -3.49. The Hall–Kier alpha value is -3.74. The van der Waals surface area contributed by atoms with E-state index in [4.69, 9.17) is 0 Å². The Bertz CT molecular complexity index is 1560. The SMILES string of the molecule is CCS(=O)(=O)Nc1ccc(C(=O)Nc2ccc(-c3nnc[nH]3)c(N3CCC(F)(F)CC3)c2)c(N2CCC3(CC2)CC3)c1. The van der Waals surface area contributed by atoms with Gasteiger partial charge in [-0.05, 0) is 74.4 Å². The molecule has 3 fully saturated rings. The molecule has 0 atom stereocenters. The maximum atomic E-state index is 13.9. The lowest BCUT2D eigenvalue weighted by Gasteiger charge is -2.35. The maximum absolute atomic E-state index is 13.9. The number of halogens is 2. The van der Waals surface area contributed by atoms with Crippen molar-refractivity contribution in [2.24, 2.45) is 5.41 Å². The number of hydrogen-bond donors (Lipinski definition) is 3. The second kappa shape index (κ2) is 10.8. The number of H-pyrrole nitrogens is 1. The van der Waals surface area contributed by atoms with Gasteiger partial charge in [-0.3, -0.25) is 9.52 Å². The van der Waals surface area contributed by atoms with Gasteiger partial charge in [0.25, 0.3) is 11.8 Å². The number of benzene rings is 2. The van der Waals surface area contributed by atoms with Gasteiger partial charge in [0.05, 0.1) is 22.7 Å². The highest BCUT2D eigenvalue weighted by Crippen LogP contribution is 2.54. The molecule has 6 rings (SSSR count). The highest BCUT2D eigenvalue weighted by molar-refractivity contribution is 7.92. The summed E-state index contributed by atoms with van der Waals surface area (Å²) in [7, 11) is -3.49. The summed E-state index contributed by atoms with van der Waals surface area (Å²) in [6.45, 7) is 3.49. The number of carbonyl (C=O) groups is 1. The van der Waals surface area contributed by atoms with Crippen molar-refractivity contribution in [3.05, 3.63) is 48.3 Å². The molecular weight excluding hydrogens is 564 g/mol. The first-order valence-corrected chi connectivity index (χ1v) is 16.0. The van der Waals surface area contributed by atoms with Crippen LogP contribution in [0.2, 0.25) is 0 Å². The van der Waals surface area contributed by atoms with Gasteiger partial charge in [-0.2, -0.15) is 0 Å². The van der Waals surface area contributed by atoms with Crippen LogP contribution in [-0.2, 0) is 10.0 Å². The highest BCUT2D eigenvalue weighted by Gasteiger charge is 2.44. The molecule has 3 N–H and O–H groups in total. The number of sulfonamides is 1. The number of aromatic amines is 1. The van der Waals surface area contributed by atoms with Gasteiger partial charge in [-0.1, -0.05) is 0 Å². The number of piperidine rings is 2. The van der Waals surface area contributed by atoms with Crippen LogP contribution in [0.4, 0.5) is 31.5 Å². The molecule has 1 spiro atoms. The fourth-order valence-electron chi connectivity index (χ4n) is 5.88. The van der Waals surface area contributed by atoms with Crippen LogP contribution in [0.15, 0.2) is 42.7 Å². The number of amides is 1. The lowest BCUT2D eigenvalue weighted by Crippen LogP contribution is -2.39. The van der Waals surface area contributed by atoms with Crippen molar-refractivity contribution in [2.75, 3.05) is 51.8 Å². The number of anilines is 4. The summed E-state index contributed by atoms with van der Waals surface area (Å²) in [5.74, 6) is -2.59. The summed E-state index contributed by atoms with van der Waals surface area (Å²) in [5.41, 5.74) is 3.83. The average molecular weight is 600 g/mol. The first-order valence-electron chi connectivity index (χ1n) is 14.4. The number of nitrogens with one attached hydrogen (secondary N) is 3. The second-order valence-electron chi connectivity index (χ2n) is 11.6. The van der Waals surface area contributed by atoms with Gasteiger partial charge in [-0.25, -0.2) is 17.2 Å². The Kier molecular flexibility index (Phi) is 7.32. The third-order valence-electron chi connectivity index (χ3n) is 8.78. The standard InChI is InChI=1S/C29H35F2N7O3S/c1-2-42(40,41)36-21-4-6-23(25(18-21)37-13-9-28(7-8-28)10-14-37)27(39)34-20-3-5-22(26-32-19-33-35-26)24(17-20)38-15-11-29(30,31)12-16-38/h3-6,17-19,36H,2,7-16H2,1H3,(H,34,39)(H,32,33,35). The Morgan fingerprint density at radius 1 is 0.929 bits per heavy atom. The third kappa shape index (κ3) is 6.06. The van der Waals surface area contributed by atoms with E-state index in [0.717, 1.165) is 25.9 Å². The van der Waals surface area contributed by atoms with Gasteiger partial charge in [0, 0.05) is 56.0 Å². The molecule has 1 aliphatic carbocycles. The normalized spacial score (nSPS) is 19.5. The van der Waals surface area contributed by atoms with Crippen LogP contribution in [0.25, 0.3) is 11.4 Å². The molecule has 42 heavy (non-hydrogen) atoms. The Morgan fingerprint density at radius 3 is 2.21 bits per heavy atom. The quantitative estimate of drug-likeness (QED) is 0.329. The van der Waals surface area contributed by atoms with Gasteiger partial charge in [-0.15, -0.1) is 10.2 Å². The van der Waals surface area contributed by atoms with Crippen LogP contribution in [0, 0.1) is 5.41 Å². The predicted molar refractivity (Wildman–Crippen MR) is 159 cm³/mol. The van der Waals surface area contributed by atoms with Gasteiger partial charge in [0.1, 0.15) is 6.33 Å². The summed E-state index contributed by atoms with van der Waals surface area (Å²) in [4.78, 5) is 20.8. The van der Waals surface area contributed by atoms with Crippen LogP contribution >= 0.6 is 0 Å². The Balaban J connectivity index is 1.29. The van der Waals surface area contributed by atoms with Gasteiger partial charge in [0.2, 0.25) is 10.0 Å². The molecule has 2 aromatic carbocycles. The average Bonchev–Trinajstić information content (AvgIpc) is 3.48. The minimum absolute atomic E-state index is 0.0577. The van der Waals surface area contributed by atoms with E-state index in [-0.39, 0.29) is 37.6 Å². The Morgan fingerprint density at radius 2 is 1.57 bits per heavy atom. The monoisotopic (exact) mass is 599 g/mol. The molecule has 13 heteroatoms. The van der Waals surface area contributed by atoms with Gasteiger partial charge in [0.15, 0.2) is 5.82 Å². The molecule has 2 aliphatic heterocycles. The van der Waals surface area contributed by atoms with Crippen molar-refractivity contribution in [3.63, 3.8) is 0 Å². The fourth-order valence-corrected chi connectivity index (χ4v) is 6.51. The number of nitrogens with zero attached hydrogens (tertiary/aromatic N) is 4. The van der Waals surface area contributed by atoms with Crippen molar-refractivity contribution >= 4 is 38.7 Å². The van der Waals surface area contributed by atoms with Gasteiger partial charge >= 0.3 is 0 Å². The zero-order valence-corrected chi connectivity index (χ0v) is 24.3. The first kappa shape index (κ1) is 28.4. The molecule has 0 radical (unpaired) electrons. The summed E-state index contributed by atoms with van der Waals surface area (Å²) in [6, 6.07) is 10.3. The van der Waals surface area contributed by atoms with E-state index >= 15 is 0 Å². The van der Waals surface area contributed by atoms with Crippen molar-refractivity contribution in [1.29, 1.82) is 0 Å².